The Bertz CT molecular complexity index is 1270. The van der Waals surface area contributed by atoms with Crippen molar-refractivity contribution in [2.75, 3.05) is 32.1 Å². The number of carbonyl (C=O) groups excluding carboxylic acids is 2. The molecule has 0 spiro atoms. The van der Waals surface area contributed by atoms with Gasteiger partial charge in [-0.1, -0.05) is 19.4 Å². The molecule has 3 N–H and O–H groups in total. The number of phenols is 1. The molecule has 2 fully saturated rings. The van der Waals surface area contributed by atoms with Gasteiger partial charge >= 0.3 is 0 Å². The number of fused-ring (bicyclic) bond motifs is 5. The largest absolute Gasteiger partial charge is 0.508 e. The number of amides is 2. The minimum Gasteiger partial charge on any atom is -0.508 e. The van der Waals surface area contributed by atoms with Crippen LogP contribution in [0.3, 0.4) is 0 Å². The summed E-state index contributed by atoms with van der Waals surface area (Å²) < 4.78 is 21.3. The number of alkyl halides is 1. The Morgan fingerprint density at radius 1 is 1.12 bits per heavy atom. The quantitative estimate of drug-likeness (QED) is 0.313. The molecule has 7 atom stereocenters. The predicted octanol–water partition coefficient (Wildman–Crippen LogP) is 5.70. The van der Waals surface area contributed by atoms with Gasteiger partial charge in [-0.05, 0) is 109 Å². The number of nitrogens with one attached hydrogen (secondary N) is 1. The third-order valence-corrected chi connectivity index (χ3v) is 10.3. The maximum atomic E-state index is 16.0. The Balaban J connectivity index is 1.28. The fraction of sp³-hybridized carbons (Fsp3) is 0.588. The van der Waals surface area contributed by atoms with Crippen molar-refractivity contribution in [1.29, 1.82) is 0 Å². The Kier molecular flexibility index (Phi) is 9.23. The summed E-state index contributed by atoms with van der Waals surface area (Å²) in [5.41, 5.74) is 2.89. The second-order valence-electron chi connectivity index (χ2n) is 12.9. The van der Waals surface area contributed by atoms with Crippen LogP contribution in [0.2, 0.25) is 0 Å². The van der Waals surface area contributed by atoms with E-state index in [1.54, 1.807) is 37.4 Å². The van der Waals surface area contributed by atoms with Crippen molar-refractivity contribution in [3.8, 4) is 5.75 Å². The van der Waals surface area contributed by atoms with Crippen molar-refractivity contribution in [3.05, 3.63) is 59.2 Å². The summed E-state index contributed by atoms with van der Waals surface area (Å²) in [5, 5.41) is 23.8. The van der Waals surface area contributed by atoms with Crippen molar-refractivity contribution in [2.24, 2.45) is 23.2 Å². The molecule has 3 aliphatic carbocycles. The molecule has 0 radical (unpaired) electrons. The maximum Gasteiger partial charge on any atom is 0.253 e. The molecular weight excluding hydrogens is 535 g/mol. The van der Waals surface area contributed by atoms with E-state index in [0.717, 1.165) is 49.7 Å². The zero-order chi connectivity index (χ0) is 30.0. The first-order valence-electron chi connectivity index (χ1n) is 15.4. The minimum absolute atomic E-state index is 0.0770. The van der Waals surface area contributed by atoms with Crippen molar-refractivity contribution < 1.29 is 28.9 Å². The molecule has 5 rings (SSSR count). The Hall–Kier alpha value is -2.97. The van der Waals surface area contributed by atoms with E-state index in [1.807, 2.05) is 17.0 Å². The Morgan fingerprint density at radius 2 is 1.88 bits per heavy atom. The van der Waals surface area contributed by atoms with Gasteiger partial charge in [0.25, 0.3) is 5.91 Å². The third kappa shape index (κ3) is 6.06. The average molecular weight is 581 g/mol. The molecule has 3 aliphatic rings. The van der Waals surface area contributed by atoms with Gasteiger partial charge in [0.15, 0.2) is 0 Å². The average Bonchev–Trinajstić information content (AvgIpc) is 3.25. The highest BCUT2D eigenvalue weighted by atomic mass is 19.1. The molecule has 228 valence electrons. The lowest BCUT2D eigenvalue weighted by molar-refractivity contribution is -0.114. The molecule has 0 aromatic heterocycles. The highest BCUT2D eigenvalue weighted by Crippen LogP contribution is 2.63. The molecule has 0 saturated heterocycles. The number of aliphatic hydroxyl groups excluding tert-OH is 1. The fourth-order valence-corrected chi connectivity index (χ4v) is 8.34. The number of nitrogens with zero attached hydrogens (tertiary/aromatic N) is 1. The van der Waals surface area contributed by atoms with Crippen LogP contribution in [0.5, 0.6) is 5.75 Å². The SMILES string of the molecule is COCCN(CCCC[C@@H]1Cc2cc(O)ccc2C2C1C1CC[C@H](O)[C@@]1(C)C[C@@H]2F)C(=O)c1ccc(NC(C)=O)cc1. The van der Waals surface area contributed by atoms with E-state index in [1.165, 1.54) is 6.92 Å². The van der Waals surface area contributed by atoms with Gasteiger partial charge in [0.05, 0.1) is 12.7 Å². The number of ether oxygens (including phenoxy) is 1. The molecule has 0 heterocycles. The molecule has 3 unspecified atom stereocenters. The summed E-state index contributed by atoms with van der Waals surface area (Å²) in [5.74, 6) is 0.453. The lowest BCUT2D eigenvalue weighted by Gasteiger charge is -2.54. The molecule has 0 aliphatic heterocycles. The zero-order valence-corrected chi connectivity index (χ0v) is 25.0. The number of phenolic OH excluding ortho intramolecular Hbond substituents is 1. The van der Waals surface area contributed by atoms with E-state index in [4.69, 9.17) is 4.74 Å². The number of benzene rings is 2. The predicted molar refractivity (Wildman–Crippen MR) is 160 cm³/mol. The van der Waals surface area contributed by atoms with Gasteiger partial charge in [0.2, 0.25) is 5.91 Å². The molecular formula is C34H45FN2O5. The number of rotatable bonds is 10. The Morgan fingerprint density at radius 3 is 2.60 bits per heavy atom. The van der Waals surface area contributed by atoms with Gasteiger partial charge in [-0.25, -0.2) is 4.39 Å². The number of aliphatic hydroxyl groups is 1. The third-order valence-electron chi connectivity index (χ3n) is 10.3. The summed E-state index contributed by atoms with van der Waals surface area (Å²) >= 11 is 0. The second kappa shape index (κ2) is 12.7. The van der Waals surface area contributed by atoms with E-state index >= 15 is 4.39 Å². The number of methoxy groups -OCH3 is 1. The normalized spacial score (nSPS) is 29.7. The molecule has 2 saturated carbocycles. The summed E-state index contributed by atoms with van der Waals surface area (Å²) in [7, 11) is 1.62. The lowest BCUT2D eigenvalue weighted by atomic mass is 9.51. The van der Waals surface area contributed by atoms with Gasteiger partial charge in [0.1, 0.15) is 11.9 Å². The van der Waals surface area contributed by atoms with Crippen molar-refractivity contribution in [1.82, 2.24) is 4.90 Å². The number of aromatic hydroxyl groups is 1. The fourth-order valence-electron chi connectivity index (χ4n) is 8.34. The second-order valence-corrected chi connectivity index (χ2v) is 12.9. The summed E-state index contributed by atoms with van der Waals surface area (Å²) in [6.45, 7) is 5.03. The topological polar surface area (TPSA) is 99.1 Å². The van der Waals surface area contributed by atoms with E-state index in [2.05, 4.69) is 12.2 Å². The van der Waals surface area contributed by atoms with Crippen LogP contribution in [0.4, 0.5) is 10.1 Å². The van der Waals surface area contributed by atoms with Crippen LogP contribution in [0, 0.1) is 23.2 Å². The lowest BCUT2D eigenvalue weighted by Crippen LogP contribution is -2.51. The number of unbranched alkanes of at least 4 members (excludes halogenated alkanes) is 1. The first-order valence-corrected chi connectivity index (χ1v) is 15.4. The van der Waals surface area contributed by atoms with Crippen LogP contribution in [0.25, 0.3) is 0 Å². The van der Waals surface area contributed by atoms with Gasteiger partial charge in [-0.15, -0.1) is 0 Å². The highest BCUT2D eigenvalue weighted by molar-refractivity contribution is 5.95. The summed E-state index contributed by atoms with van der Waals surface area (Å²) in [6, 6.07) is 12.3. The van der Waals surface area contributed by atoms with Crippen molar-refractivity contribution >= 4 is 17.5 Å². The minimum atomic E-state index is -1.02. The van der Waals surface area contributed by atoms with Gasteiger partial charge in [-0.2, -0.15) is 0 Å². The van der Waals surface area contributed by atoms with E-state index < -0.39 is 17.7 Å². The number of carbonyl (C=O) groups is 2. The number of halogens is 1. The number of hydrogen-bond donors (Lipinski definition) is 3. The molecule has 2 aromatic rings. The standard InChI is InChI=1S/C34H45FN2O5/c1-21(38)36-25-9-7-22(8-10-25)33(41)37(16-17-42-3)15-5-4-6-23-18-24-19-26(39)11-12-27(24)32-29(35)20-34(2)28(31(23)32)13-14-30(34)40/h7-12,19,23,28-32,39-40H,4-6,13-18,20H2,1-3H3,(H,36,38)/t23-,28?,29+,30+,31?,32?,34+/m1/s1. The maximum absolute atomic E-state index is 16.0. The van der Waals surface area contributed by atoms with E-state index in [0.29, 0.717) is 37.4 Å². The van der Waals surface area contributed by atoms with Crippen LogP contribution < -0.4 is 5.32 Å². The van der Waals surface area contributed by atoms with Crippen LogP contribution >= 0.6 is 0 Å². The zero-order valence-electron chi connectivity index (χ0n) is 25.0. The van der Waals surface area contributed by atoms with Crippen LogP contribution in [-0.2, 0) is 16.0 Å². The molecule has 2 aromatic carbocycles. The van der Waals surface area contributed by atoms with Crippen molar-refractivity contribution in [3.63, 3.8) is 0 Å². The van der Waals surface area contributed by atoms with Gasteiger partial charge in [-0.3, -0.25) is 9.59 Å². The number of anilines is 1. The summed E-state index contributed by atoms with van der Waals surface area (Å²) in [6.07, 6.45) is 3.97. The molecule has 8 heteroatoms. The molecule has 0 bridgehead atoms. The van der Waals surface area contributed by atoms with Crippen LogP contribution in [0.15, 0.2) is 42.5 Å². The highest BCUT2D eigenvalue weighted by Gasteiger charge is 2.59. The molecule has 7 nitrogen and oxygen atoms in total. The number of hydrogen-bond acceptors (Lipinski definition) is 5. The van der Waals surface area contributed by atoms with E-state index in [9.17, 15) is 19.8 Å². The molecule has 42 heavy (non-hydrogen) atoms. The van der Waals surface area contributed by atoms with Crippen LogP contribution in [0.1, 0.15) is 79.8 Å². The first-order chi connectivity index (χ1) is 20.1. The van der Waals surface area contributed by atoms with E-state index in [-0.39, 0.29) is 41.2 Å². The molecule has 2 amide bonds. The smallest absolute Gasteiger partial charge is 0.253 e. The monoisotopic (exact) mass is 580 g/mol. The van der Waals surface area contributed by atoms with Gasteiger partial charge in [0, 0.05) is 44.3 Å². The Labute approximate surface area is 248 Å². The first kappa shape index (κ1) is 30.5. The van der Waals surface area contributed by atoms with Gasteiger partial charge < -0.3 is 25.2 Å². The van der Waals surface area contributed by atoms with Crippen molar-refractivity contribution in [2.45, 2.75) is 77.0 Å². The van der Waals surface area contributed by atoms with Crippen LogP contribution in [-0.4, -0.2) is 66.0 Å². The summed E-state index contributed by atoms with van der Waals surface area (Å²) in [4.78, 5) is 26.5.